The van der Waals surface area contributed by atoms with Gasteiger partial charge in [-0.15, -0.1) is 0 Å². The summed E-state index contributed by atoms with van der Waals surface area (Å²) in [6, 6.07) is 15.4. The van der Waals surface area contributed by atoms with Crippen molar-refractivity contribution in [1.82, 2.24) is 9.80 Å². The van der Waals surface area contributed by atoms with Crippen LogP contribution in [0.15, 0.2) is 47.5 Å². The number of hydrogen-bond acceptors (Lipinski definition) is 4. The number of aryl methyl sites for hydroxylation is 1. The number of anilines is 2. The van der Waals surface area contributed by atoms with Crippen LogP contribution in [0.4, 0.5) is 17.1 Å². The molecule has 3 aliphatic heterocycles. The Morgan fingerprint density at radius 3 is 2.60 bits per heavy atom. The highest BCUT2D eigenvalue weighted by Gasteiger charge is 2.30. The van der Waals surface area contributed by atoms with Crippen LogP contribution in [-0.4, -0.2) is 55.4 Å². The topological polar surface area (TPSA) is 22.1 Å². The van der Waals surface area contributed by atoms with Gasteiger partial charge >= 0.3 is 0 Å². The van der Waals surface area contributed by atoms with Crippen LogP contribution < -0.4 is 4.90 Å². The fourth-order valence-electron chi connectivity index (χ4n) is 4.29. The minimum atomic E-state index is 1.04. The van der Waals surface area contributed by atoms with Crippen LogP contribution in [0.3, 0.4) is 0 Å². The van der Waals surface area contributed by atoms with Crippen LogP contribution in [0.2, 0.25) is 0 Å². The molecule has 25 heavy (non-hydrogen) atoms. The molecule has 0 unspecified atom stereocenters. The summed E-state index contributed by atoms with van der Waals surface area (Å²) in [6.45, 7) is 5.35. The number of nitrogens with zero attached hydrogens (tertiary/aromatic N) is 4. The van der Waals surface area contributed by atoms with Gasteiger partial charge in [0.25, 0.3) is 0 Å². The Kier molecular flexibility index (Phi) is 3.52. The third-order valence-corrected chi connectivity index (χ3v) is 5.66. The summed E-state index contributed by atoms with van der Waals surface area (Å²) in [7, 11) is 2.20. The van der Waals surface area contributed by atoms with Gasteiger partial charge in [-0.05, 0) is 43.7 Å². The normalized spacial score (nSPS) is 19.8. The van der Waals surface area contributed by atoms with Crippen LogP contribution in [0, 0.1) is 0 Å². The highest BCUT2D eigenvalue weighted by molar-refractivity contribution is 6.08. The second kappa shape index (κ2) is 5.88. The average Bonchev–Trinajstić information content (AvgIpc) is 2.80. The predicted octanol–water partition coefficient (Wildman–Crippen LogP) is 3.41. The number of piperazine rings is 1. The zero-order valence-electron chi connectivity index (χ0n) is 14.8. The van der Waals surface area contributed by atoms with Crippen LogP contribution in [0.1, 0.15) is 17.5 Å². The minimum absolute atomic E-state index is 1.04. The van der Waals surface area contributed by atoms with E-state index < -0.39 is 0 Å². The van der Waals surface area contributed by atoms with Crippen molar-refractivity contribution in [3.05, 3.63) is 53.6 Å². The monoisotopic (exact) mass is 332 g/mol. The lowest BCUT2D eigenvalue weighted by atomic mass is 9.96. The molecule has 4 heteroatoms. The molecule has 5 rings (SSSR count). The number of amidine groups is 1. The summed E-state index contributed by atoms with van der Waals surface area (Å²) in [4.78, 5) is 12.5. The van der Waals surface area contributed by atoms with E-state index in [0.29, 0.717) is 0 Å². The molecule has 0 bridgehead atoms. The molecule has 0 saturated carbocycles. The van der Waals surface area contributed by atoms with E-state index in [2.05, 4.69) is 64.2 Å². The van der Waals surface area contributed by atoms with Crippen molar-refractivity contribution < 1.29 is 0 Å². The lowest BCUT2D eigenvalue weighted by Gasteiger charge is -2.36. The summed E-state index contributed by atoms with van der Waals surface area (Å²) in [5, 5.41) is 0. The molecule has 0 amide bonds. The number of para-hydroxylation sites is 3. The summed E-state index contributed by atoms with van der Waals surface area (Å²) >= 11 is 0. The first-order valence-corrected chi connectivity index (χ1v) is 9.32. The number of likely N-dealkylation sites (N-methyl/N-ethyl adjacent to an activating group) is 1. The van der Waals surface area contributed by atoms with Gasteiger partial charge in [-0.25, -0.2) is 4.99 Å². The van der Waals surface area contributed by atoms with Gasteiger partial charge in [0.2, 0.25) is 0 Å². The third-order valence-electron chi connectivity index (χ3n) is 5.66. The van der Waals surface area contributed by atoms with Crippen LogP contribution in [0.25, 0.3) is 0 Å². The molecule has 1 saturated heterocycles. The molecule has 2 aromatic carbocycles. The number of fused-ring (bicyclic) bond motifs is 2. The molecule has 2 aromatic rings. The minimum Gasteiger partial charge on any atom is -0.353 e. The standard InChI is InChI=1S/C21H24N4/c1-23-12-14-24(15-13-23)21-17-8-4-6-16-7-5-11-25(20(16)17)19-10-3-2-9-18(19)22-21/h2-4,6,8-10H,5,7,11-15H2,1H3. The number of aliphatic imine (C=N–C) groups is 1. The molecule has 3 aliphatic rings. The maximum absolute atomic E-state index is 5.18. The Balaban J connectivity index is 1.71. The predicted molar refractivity (Wildman–Crippen MR) is 103 cm³/mol. The largest absolute Gasteiger partial charge is 0.353 e. The Morgan fingerprint density at radius 2 is 1.72 bits per heavy atom. The van der Waals surface area contributed by atoms with Gasteiger partial charge < -0.3 is 14.7 Å². The molecule has 1 fully saturated rings. The number of benzene rings is 2. The van der Waals surface area contributed by atoms with E-state index in [1.165, 1.54) is 28.9 Å². The first kappa shape index (κ1) is 15.0. The quantitative estimate of drug-likeness (QED) is 0.738. The van der Waals surface area contributed by atoms with Gasteiger partial charge in [0, 0.05) is 38.3 Å². The van der Waals surface area contributed by atoms with Crippen molar-refractivity contribution in [2.45, 2.75) is 12.8 Å². The molecule has 0 radical (unpaired) electrons. The average molecular weight is 332 g/mol. The highest BCUT2D eigenvalue weighted by atomic mass is 15.3. The molecule has 0 atom stereocenters. The van der Waals surface area contributed by atoms with E-state index in [9.17, 15) is 0 Å². The van der Waals surface area contributed by atoms with E-state index in [-0.39, 0.29) is 0 Å². The summed E-state index contributed by atoms with van der Waals surface area (Å²) in [5.74, 6) is 1.15. The van der Waals surface area contributed by atoms with Gasteiger partial charge in [0.15, 0.2) is 0 Å². The fraction of sp³-hybridized carbons (Fsp3) is 0.381. The second-order valence-electron chi connectivity index (χ2n) is 7.28. The van der Waals surface area contributed by atoms with Crippen LogP contribution in [0.5, 0.6) is 0 Å². The Bertz CT molecular complexity index is 834. The van der Waals surface area contributed by atoms with E-state index in [0.717, 1.165) is 50.7 Å². The van der Waals surface area contributed by atoms with Crippen molar-refractivity contribution in [3.63, 3.8) is 0 Å². The number of hydrogen-bond donors (Lipinski definition) is 0. The third kappa shape index (κ3) is 2.44. The van der Waals surface area contributed by atoms with Crippen molar-refractivity contribution in [1.29, 1.82) is 0 Å². The lowest BCUT2D eigenvalue weighted by molar-refractivity contribution is 0.216. The van der Waals surface area contributed by atoms with Gasteiger partial charge in [-0.2, -0.15) is 0 Å². The van der Waals surface area contributed by atoms with Gasteiger partial charge in [0.1, 0.15) is 5.84 Å². The van der Waals surface area contributed by atoms with Crippen LogP contribution in [-0.2, 0) is 6.42 Å². The van der Waals surface area contributed by atoms with Gasteiger partial charge in [-0.3, -0.25) is 0 Å². The molecule has 3 heterocycles. The Hall–Kier alpha value is -2.33. The molecule has 0 N–H and O–H groups in total. The maximum Gasteiger partial charge on any atom is 0.138 e. The molecule has 128 valence electrons. The van der Waals surface area contributed by atoms with E-state index in [4.69, 9.17) is 4.99 Å². The van der Waals surface area contributed by atoms with Crippen molar-refractivity contribution in [3.8, 4) is 0 Å². The van der Waals surface area contributed by atoms with Crippen molar-refractivity contribution >= 4 is 22.9 Å². The SMILES string of the molecule is CN1CCN(C2=Nc3ccccc3N3CCCc4cccc2c43)CC1. The van der Waals surface area contributed by atoms with Crippen molar-refractivity contribution in [2.75, 3.05) is 44.7 Å². The van der Waals surface area contributed by atoms with E-state index in [1.54, 1.807) is 0 Å². The molecular formula is C21H24N4. The molecule has 4 nitrogen and oxygen atoms in total. The van der Waals surface area contributed by atoms with E-state index in [1.807, 2.05) is 0 Å². The molecule has 0 aromatic heterocycles. The molecule has 0 aliphatic carbocycles. The van der Waals surface area contributed by atoms with Crippen molar-refractivity contribution in [2.24, 2.45) is 4.99 Å². The number of rotatable bonds is 0. The summed E-state index contributed by atoms with van der Waals surface area (Å²) in [5.41, 5.74) is 6.50. The second-order valence-corrected chi connectivity index (χ2v) is 7.28. The maximum atomic E-state index is 5.18. The lowest BCUT2D eigenvalue weighted by Crippen LogP contribution is -2.47. The first-order valence-electron chi connectivity index (χ1n) is 9.32. The molecular weight excluding hydrogens is 308 g/mol. The van der Waals surface area contributed by atoms with Crippen LogP contribution >= 0.6 is 0 Å². The Morgan fingerprint density at radius 1 is 0.880 bits per heavy atom. The molecule has 0 spiro atoms. The van der Waals surface area contributed by atoms with Gasteiger partial charge in [0.05, 0.1) is 17.1 Å². The Labute approximate surface area is 149 Å². The highest BCUT2D eigenvalue weighted by Crippen LogP contribution is 2.43. The smallest absolute Gasteiger partial charge is 0.138 e. The zero-order valence-corrected chi connectivity index (χ0v) is 14.8. The van der Waals surface area contributed by atoms with Gasteiger partial charge in [-0.1, -0.05) is 24.3 Å². The van der Waals surface area contributed by atoms with E-state index >= 15 is 0 Å². The summed E-state index contributed by atoms with van der Waals surface area (Å²) < 4.78 is 0. The summed E-state index contributed by atoms with van der Waals surface area (Å²) in [6.07, 6.45) is 2.37. The fourth-order valence-corrected chi connectivity index (χ4v) is 4.29. The zero-order chi connectivity index (χ0) is 16.8. The first-order chi connectivity index (χ1) is 12.3.